The highest BCUT2D eigenvalue weighted by Gasteiger charge is 2.28. The van der Waals surface area contributed by atoms with Crippen molar-refractivity contribution in [1.82, 2.24) is 4.57 Å². The fourth-order valence-corrected chi connectivity index (χ4v) is 9.06. The van der Waals surface area contributed by atoms with E-state index in [4.69, 9.17) is 4.42 Å². The lowest BCUT2D eigenvalue weighted by atomic mass is 9.95. The first-order valence-corrected chi connectivity index (χ1v) is 19.9. The minimum Gasteiger partial charge on any atom is -0.398 e. The molecule has 0 fully saturated rings. The Balaban J connectivity index is 1.12. The van der Waals surface area contributed by atoms with Crippen molar-refractivity contribution in [3.8, 4) is 16.8 Å². The Labute approximate surface area is 303 Å². The lowest BCUT2D eigenvalue weighted by molar-refractivity contribution is -0.674. The van der Waals surface area contributed by atoms with Gasteiger partial charge >= 0.3 is 5.89 Å². The monoisotopic (exact) mass is 714 g/mol. The molecular weight excluding hydrogens is 675 g/mol. The molecule has 9 heteroatoms. The molecule has 0 saturated carbocycles. The van der Waals surface area contributed by atoms with Crippen LogP contribution in [0.2, 0.25) is 0 Å². The molecule has 0 atom stereocenters. The number of fused-ring (bicyclic) bond motifs is 3. The third-order valence-corrected chi connectivity index (χ3v) is 11.7. The van der Waals surface area contributed by atoms with Gasteiger partial charge in [0.05, 0.1) is 33.7 Å². The number of hydrogen-bond donors (Lipinski definition) is 1. The fourth-order valence-electron chi connectivity index (χ4n) is 7.33. The van der Waals surface area contributed by atoms with Crippen LogP contribution in [0.15, 0.2) is 135 Å². The Hall–Kier alpha value is -4.83. The predicted octanol–water partition coefficient (Wildman–Crippen LogP) is 9.88. The summed E-state index contributed by atoms with van der Waals surface area (Å²) in [6, 6.07) is 31.7. The molecule has 258 valence electrons. The Morgan fingerprint density at radius 3 is 2.61 bits per heavy atom. The van der Waals surface area contributed by atoms with Gasteiger partial charge in [-0.1, -0.05) is 66.4 Å². The summed E-state index contributed by atoms with van der Waals surface area (Å²) in [4.78, 5) is 3.36. The second-order valence-electron chi connectivity index (χ2n) is 13.2. The lowest BCUT2D eigenvalue weighted by Crippen LogP contribution is -2.33. The van der Waals surface area contributed by atoms with Gasteiger partial charge in [-0.05, 0) is 115 Å². The van der Waals surface area contributed by atoms with E-state index in [1.54, 1.807) is 11.8 Å². The lowest BCUT2D eigenvalue weighted by Gasteiger charge is -2.22. The first kappa shape index (κ1) is 33.3. The molecule has 0 unspecified atom stereocenters. The number of hydrogen-bond acceptors (Lipinski definition) is 5. The molecule has 6 aromatic rings. The topological polar surface area (TPSA) is 79.6 Å². The van der Waals surface area contributed by atoms with Crippen LogP contribution in [0.1, 0.15) is 44.1 Å². The molecule has 1 aliphatic heterocycles. The van der Waals surface area contributed by atoms with Gasteiger partial charge in [0.15, 0.2) is 0 Å². The van der Waals surface area contributed by atoms with Crippen LogP contribution >= 0.6 is 11.8 Å². The zero-order chi connectivity index (χ0) is 35.1. The van der Waals surface area contributed by atoms with Gasteiger partial charge in [0.1, 0.15) is 6.54 Å². The van der Waals surface area contributed by atoms with Gasteiger partial charge in [0, 0.05) is 23.7 Å². The van der Waals surface area contributed by atoms with Crippen LogP contribution in [0, 0.1) is 6.92 Å². The van der Waals surface area contributed by atoms with E-state index in [9.17, 15) is 13.0 Å². The molecule has 0 spiro atoms. The molecule has 0 bridgehead atoms. The Bertz CT molecular complexity index is 2490. The number of aryl methyl sites for hydroxylation is 2. The molecule has 1 aliphatic carbocycles. The summed E-state index contributed by atoms with van der Waals surface area (Å²) in [7, 11) is -4.06. The Kier molecular flexibility index (Phi) is 8.96. The third-order valence-electron chi connectivity index (χ3n) is 9.77. The number of rotatable bonds is 9. The summed E-state index contributed by atoms with van der Waals surface area (Å²) in [5.74, 6) is 0.558. The molecule has 8 rings (SSSR count). The second kappa shape index (κ2) is 13.7. The van der Waals surface area contributed by atoms with E-state index >= 15 is 0 Å². The number of nitrogens with zero attached hydrogens (tertiary/aromatic N) is 3. The Morgan fingerprint density at radius 1 is 0.961 bits per heavy atom. The number of anilines is 1. The van der Waals surface area contributed by atoms with Gasteiger partial charge < -0.3 is 13.9 Å². The van der Waals surface area contributed by atoms with E-state index in [2.05, 4.69) is 125 Å². The van der Waals surface area contributed by atoms with Crippen LogP contribution in [-0.4, -0.2) is 29.8 Å². The highest BCUT2D eigenvalue weighted by Crippen LogP contribution is 2.49. The molecular formula is C42H40N3O4S2+. The normalized spacial score (nSPS) is 16.5. The van der Waals surface area contributed by atoms with Crippen molar-refractivity contribution in [1.29, 1.82) is 0 Å². The van der Waals surface area contributed by atoms with Crippen molar-refractivity contribution in [2.24, 2.45) is 0 Å². The molecule has 4 aromatic carbocycles. The summed E-state index contributed by atoms with van der Waals surface area (Å²) in [5.41, 5.74) is 11.2. The molecule has 2 aliphatic rings. The quantitative estimate of drug-likeness (QED) is 0.119. The van der Waals surface area contributed by atoms with E-state index in [1.807, 2.05) is 18.2 Å². The van der Waals surface area contributed by atoms with Crippen molar-refractivity contribution in [2.75, 3.05) is 17.2 Å². The summed E-state index contributed by atoms with van der Waals surface area (Å²) in [6.07, 6.45) is 12.1. The summed E-state index contributed by atoms with van der Waals surface area (Å²) < 4.78 is 43.7. The standard InChI is InChI=1S/C42H39N3O4S2/c1-3-43-37-27-34(44-21-19-33-15-7-8-16-36(33)44)17-18-39(37)49-41(43)25-30-11-9-12-31(24-30)26-42-45(20-10-22-51(46,47)48)38-28-35(29(2)23-40(38)50-42)32-13-5-4-6-14-32/h4-8,13-19,21,23-28H,3,9-12,20,22H2,1-2H3/p+1. The predicted molar refractivity (Wildman–Crippen MR) is 208 cm³/mol. The van der Waals surface area contributed by atoms with Gasteiger partial charge in [-0.15, -0.1) is 0 Å². The maximum Gasteiger partial charge on any atom is 0.374 e. The first-order chi connectivity index (χ1) is 24.7. The van der Waals surface area contributed by atoms with Crippen molar-refractivity contribution < 1.29 is 22.0 Å². The van der Waals surface area contributed by atoms with Gasteiger partial charge in [0.25, 0.3) is 15.6 Å². The molecule has 0 radical (unpaired) electrons. The van der Waals surface area contributed by atoms with E-state index < -0.39 is 10.1 Å². The first-order valence-electron chi connectivity index (χ1n) is 17.5. The number of para-hydroxylation sites is 1. The largest absolute Gasteiger partial charge is 0.398 e. The van der Waals surface area contributed by atoms with Crippen LogP contribution in [0.4, 0.5) is 5.69 Å². The molecule has 0 amide bonds. The van der Waals surface area contributed by atoms with Gasteiger partial charge in [0.2, 0.25) is 5.58 Å². The van der Waals surface area contributed by atoms with Gasteiger partial charge in [-0.25, -0.2) is 0 Å². The molecule has 0 saturated heterocycles. The highest BCUT2D eigenvalue weighted by molar-refractivity contribution is 8.03. The van der Waals surface area contributed by atoms with Crippen LogP contribution in [-0.2, 0) is 16.7 Å². The molecule has 2 aromatic heterocycles. The van der Waals surface area contributed by atoms with Crippen LogP contribution in [0.3, 0.4) is 0 Å². The second-order valence-corrected chi connectivity index (χ2v) is 15.9. The summed E-state index contributed by atoms with van der Waals surface area (Å²) in [6.45, 7) is 5.55. The fraction of sp³-hybridized carbons (Fsp3) is 0.214. The average molecular weight is 715 g/mol. The number of benzene rings is 4. The number of allylic oxidation sites excluding steroid dienone is 4. The van der Waals surface area contributed by atoms with E-state index in [1.165, 1.54) is 27.6 Å². The molecule has 3 heterocycles. The molecule has 51 heavy (non-hydrogen) atoms. The van der Waals surface area contributed by atoms with E-state index in [0.717, 1.165) is 75.2 Å². The maximum absolute atomic E-state index is 11.6. The average Bonchev–Trinajstić information content (AvgIpc) is 3.80. The van der Waals surface area contributed by atoms with E-state index in [-0.39, 0.29) is 5.75 Å². The summed E-state index contributed by atoms with van der Waals surface area (Å²) >= 11 is 1.72. The minimum absolute atomic E-state index is 0.276. The molecule has 7 nitrogen and oxygen atoms in total. The highest BCUT2D eigenvalue weighted by atomic mass is 32.2. The van der Waals surface area contributed by atoms with E-state index in [0.29, 0.717) is 13.0 Å². The molecule has 1 N–H and O–H groups in total. The number of oxazole rings is 1. The maximum atomic E-state index is 11.6. The zero-order valence-electron chi connectivity index (χ0n) is 28.7. The smallest absolute Gasteiger partial charge is 0.374 e. The summed E-state index contributed by atoms with van der Waals surface area (Å²) in [5, 5.41) is 2.27. The van der Waals surface area contributed by atoms with Crippen LogP contribution < -0.4 is 9.47 Å². The zero-order valence-corrected chi connectivity index (χ0v) is 30.4. The van der Waals surface area contributed by atoms with Crippen LogP contribution in [0.5, 0.6) is 0 Å². The van der Waals surface area contributed by atoms with Crippen molar-refractivity contribution >= 4 is 55.6 Å². The van der Waals surface area contributed by atoms with Crippen molar-refractivity contribution in [3.05, 3.63) is 137 Å². The van der Waals surface area contributed by atoms with Gasteiger partial charge in [-0.2, -0.15) is 13.0 Å². The Morgan fingerprint density at radius 2 is 1.78 bits per heavy atom. The number of aromatic nitrogens is 2. The van der Waals surface area contributed by atoms with Crippen molar-refractivity contribution in [2.45, 2.75) is 51.0 Å². The van der Waals surface area contributed by atoms with Crippen molar-refractivity contribution in [3.63, 3.8) is 0 Å². The van der Waals surface area contributed by atoms with Crippen LogP contribution in [0.25, 0.3) is 44.9 Å². The third kappa shape index (κ3) is 6.81. The minimum atomic E-state index is -4.06. The number of thioether (sulfide) groups is 1. The van der Waals surface area contributed by atoms with Gasteiger partial charge in [-0.3, -0.25) is 4.55 Å². The SMILES string of the molecule is CC[n+]1c(/C=C2C=C(/C=C3\Sc4cc(C)c(-c5ccccc5)cc4N3CCCS(=O)(=O)O)CCC/2)oc2ccc(-n3ccc4ccccc43)cc21.